The number of thiophene rings is 1. The van der Waals surface area contributed by atoms with E-state index in [9.17, 15) is 0 Å². The van der Waals surface area contributed by atoms with Crippen molar-refractivity contribution in [1.82, 2.24) is 9.97 Å². The second kappa shape index (κ2) is 8.51. The summed E-state index contributed by atoms with van der Waals surface area (Å²) in [5.74, 6) is 2.73. The summed E-state index contributed by atoms with van der Waals surface area (Å²) in [4.78, 5) is 11.2. The monoisotopic (exact) mass is 418 g/mol. The molecule has 0 atom stereocenters. The highest BCUT2D eigenvalue weighted by molar-refractivity contribution is 7.21. The van der Waals surface area contributed by atoms with Crippen molar-refractivity contribution in [2.75, 3.05) is 19.6 Å². The smallest absolute Gasteiger partial charge is 0.161 e. The first-order valence-electron chi connectivity index (χ1n) is 9.45. The van der Waals surface area contributed by atoms with Crippen LogP contribution < -0.4 is 14.9 Å². The number of nitrogens with zero attached hydrogens (tertiary/aromatic N) is 3. The first-order valence-corrected chi connectivity index (χ1v) is 10.3. The summed E-state index contributed by atoms with van der Waals surface area (Å²) >= 11 is 1.65. The quantitative estimate of drug-likeness (QED) is 0.330. The van der Waals surface area contributed by atoms with E-state index in [1.807, 2.05) is 50.2 Å². The van der Waals surface area contributed by atoms with E-state index in [1.165, 1.54) is 0 Å². The van der Waals surface area contributed by atoms with E-state index >= 15 is 0 Å². The molecule has 0 aliphatic rings. The Bertz CT molecular complexity index is 1220. The number of rotatable bonds is 6. The third kappa shape index (κ3) is 3.97. The molecule has 0 aliphatic heterocycles. The third-order valence-electron chi connectivity index (χ3n) is 4.69. The number of methoxy groups -OCH3 is 2. The van der Waals surface area contributed by atoms with Gasteiger partial charge >= 0.3 is 0 Å². The normalized spacial score (nSPS) is 11.5. The van der Waals surface area contributed by atoms with Crippen LogP contribution in [0.25, 0.3) is 20.7 Å². The topological polar surface area (TPSA) is 68.6 Å². The van der Waals surface area contributed by atoms with E-state index in [2.05, 4.69) is 38.7 Å². The van der Waals surface area contributed by atoms with E-state index in [-0.39, 0.29) is 0 Å². The summed E-state index contributed by atoms with van der Waals surface area (Å²) in [5.41, 5.74) is 6.02. The van der Waals surface area contributed by atoms with Crippen LogP contribution in [-0.4, -0.2) is 29.9 Å². The first-order chi connectivity index (χ1) is 14.6. The van der Waals surface area contributed by atoms with Crippen molar-refractivity contribution in [1.29, 1.82) is 0 Å². The molecule has 30 heavy (non-hydrogen) atoms. The van der Waals surface area contributed by atoms with E-state index in [0.29, 0.717) is 23.1 Å². The molecule has 0 aliphatic carbocycles. The Morgan fingerprint density at radius 1 is 0.967 bits per heavy atom. The maximum atomic E-state index is 5.39. The van der Waals surface area contributed by atoms with Crippen LogP contribution in [0, 0.1) is 6.92 Å². The molecule has 4 rings (SSSR count). The molecule has 0 saturated heterocycles. The van der Waals surface area contributed by atoms with Crippen molar-refractivity contribution in [2.45, 2.75) is 13.8 Å². The van der Waals surface area contributed by atoms with Gasteiger partial charge in [0.2, 0.25) is 0 Å². The Kier molecular flexibility index (Phi) is 5.63. The maximum absolute atomic E-state index is 5.39. The predicted octanol–water partition coefficient (Wildman–Crippen LogP) is 5.52. The fourth-order valence-corrected chi connectivity index (χ4v) is 4.20. The van der Waals surface area contributed by atoms with Gasteiger partial charge in [-0.15, -0.1) is 11.3 Å². The highest BCUT2D eigenvalue weighted by Crippen LogP contribution is 2.35. The Morgan fingerprint density at radius 3 is 2.47 bits per heavy atom. The average Bonchev–Trinajstić information content (AvgIpc) is 3.21. The van der Waals surface area contributed by atoms with Gasteiger partial charge in [-0.2, -0.15) is 5.10 Å². The third-order valence-corrected chi connectivity index (χ3v) is 5.77. The molecular formula is C23H22N4O2S. The van der Waals surface area contributed by atoms with Crippen LogP contribution in [0.15, 0.2) is 59.7 Å². The van der Waals surface area contributed by atoms with Crippen LogP contribution in [0.5, 0.6) is 11.5 Å². The zero-order valence-corrected chi connectivity index (χ0v) is 18.1. The maximum Gasteiger partial charge on any atom is 0.161 e. The fraction of sp³-hybridized carbons (Fsp3) is 0.174. The Morgan fingerprint density at radius 2 is 1.73 bits per heavy atom. The molecular weight excluding hydrogens is 396 g/mol. The molecule has 2 aromatic carbocycles. The highest BCUT2D eigenvalue weighted by atomic mass is 32.1. The van der Waals surface area contributed by atoms with Gasteiger partial charge in [-0.1, -0.05) is 30.3 Å². The van der Waals surface area contributed by atoms with Crippen LogP contribution in [0.2, 0.25) is 0 Å². The number of hydrazone groups is 1. The molecule has 2 aromatic heterocycles. The van der Waals surface area contributed by atoms with Crippen LogP contribution in [0.1, 0.15) is 18.3 Å². The minimum atomic E-state index is 0.662. The lowest BCUT2D eigenvalue weighted by molar-refractivity contribution is 0.355. The zero-order valence-electron chi connectivity index (χ0n) is 17.3. The molecule has 0 saturated carbocycles. The molecule has 0 spiro atoms. The van der Waals surface area contributed by atoms with E-state index in [0.717, 1.165) is 31.9 Å². The summed E-state index contributed by atoms with van der Waals surface area (Å²) in [7, 11) is 3.24. The minimum absolute atomic E-state index is 0.662. The molecule has 0 fully saturated rings. The molecule has 7 heteroatoms. The molecule has 0 bridgehead atoms. The van der Waals surface area contributed by atoms with Crippen molar-refractivity contribution in [3.63, 3.8) is 0 Å². The molecule has 0 amide bonds. The van der Waals surface area contributed by atoms with Crippen molar-refractivity contribution in [3.8, 4) is 21.9 Å². The number of aromatic nitrogens is 2. The van der Waals surface area contributed by atoms with Crippen LogP contribution >= 0.6 is 11.3 Å². The number of hydrogen-bond donors (Lipinski definition) is 1. The zero-order chi connectivity index (χ0) is 21.1. The van der Waals surface area contributed by atoms with Crippen molar-refractivity contribution in [2.24, 2.45) is 5.10 Å². The number of nitrogens with one attached hydrogen (secondary N) is 1. The molecule has 0 unspecified atom stereocenters. The van der Waals surface area contributed by atoms with E-state index in [4.69, 9.17) is 9.47 Å². The summed E-state index contributed by atoms with van der Waals surface area (Å²) < 4.78 is 10.7. The summed E-state index contributed by atoms with van der Waals surface area (Å²) in [6.45, 7) is 3.82. The van der Waals surface area contributed by atoms with E-state index < -0.39 is 0 Å². The predicted molar refractivity (Wildman–Crippen MR) is 123 cm³/mol. The number of aryl methyl sites for hydroxylation is 1. The number of anilines is 1. The summed E-state index contributed by atoms with van der Waals surface area (Å²) in [6.07, 6.45) is 0. The van der Waals surface area contributed by atoms with Crippen molar-refractivity contribution >= 4 is 33.1 Å². The average molecular weight is 419 g/mol. The highest BCUT2D eigenvalue weighted by Gasteiger charge is 2.12. The fourth-order valence-electron chi connectivity index (χ4n) is 3.12. The molecule has 0 radical (unpaired) electrons. The van der Waals surface area contributed by atoms with Crippen LogP contribution in [-0.2, 0) is 0 Å². The number of fused-ring (bicyclic) bond motifs is 1. The first kappa shape index (κ1) is 19.8. The van der Waals surface area contributed by atoms with Gasteiger partial charge in [-0.05, 0) is 43.7 Å². The second-order valence-corrected chi connectivity index (χ2v) is 7.72. The minimum Gasteiger partial charge on any atom is -0.493 e. The number of benzene rings is 2. The van der Waals surface area contributed by atoms with Crippen LogP contribution in [0.4, 0.5) is 5.82 Å². The Labute approximate surface area is 179 Å². The summed E-state index contributed by atoms with van der Waals surface area (Å²) in [5, 5.41) is 5.51. The number of hydrogen-bond acceptors (Lipinski definition) is 7. The lowest BCUT2D eigenvalue weighted by atomic mass is 10.1. The van der Waals surface area contributed by atoms with Crippen molar-refractivity contribution in [3.05, 3.63) is 66.0 Å². The van der Waals surface area contributed by atoms with Gasteiger partial charge in [0, 0.05) is 10.4 Å². The van der Waals surface area contributed by atoms with Gasteiger partial charge in [0.25, 0.3) is 0 Å². The van der Waals surface area contributed by atoms with Gasteiger partial charge in [0.15, 0.2) is 17.3 Å². The largest absolute Gasteiger partial charge is 0.493 e. The Balaban J connectivity index is 1.67. The number of ether oxygens (including phenoxy) is 2. The molecule has 6 nitrogen and oxygen atoms in total. The summed E-state index contributed by atoms with van der Waals surface area (Å²) in [6, 6.07) is 18.1. The SMILES string of the molecule is COc1ccc(/C(C)=N/Nc2nc(C)nc3sc(-c4ccccc4)cc23)cc1OC. The molecule has 1 N–H and O–H groups in total. The lowest BCUT2D eigenvalue weighted by Gasteiger charge is -2.10. The molecule has 4 aromatic rings. The lowest BCUT2D eigenvalue weighted by Crippen LogP contribution is -2.03. The standard InChI is InChI=1S/C23H22N4O2S/c1-14(17-10-11-19(28-3)20(12-17)29-4)26-27-22-18-13-21(16-8-6-5-7-9-16)30-23(18)25-15(2)24-22/h5-13H,1-4H3,(H,24,25,27)/b26-14+. The van der Waals surface area contributed by atoms with Gasteiger partial charge < -0.3 is 9.47 Å². The Hall–Kier alpha value is -3.45. The van der Waals surface area contributed by atoms with Crippen LogP contribution in [0.3, 0.4) is 0 Å². The van der Waals surface area contributed by atoms with Gasteiger partial charge in [0.1, 0.15) is 10.7 Å². The molecule has 152 valence electrons. The van der Waals surface area contributed by atoms with Crippen molar-refractivity contribution < 1.29 is 9.47 Å². The van der Waals surface area contributed by atoms with E-state index in [1.54, 1.807) is 25.6 Å². The van der Waals surface area contributed by atoms with Gasteiger partial charge in [0.05, 0.1) is 25.3 Å². The molecule has 2 heterocycles. The second-order valence-electron chi connectivity index (χ2n) is 6.69. The van der Waals surface area contributed by atoms with Gasteiger partial charge in [-0.3, -0.25) is 5.43 Å². The van der Waals surface area contributed by atoms with Gasteiger partial charge in [-0.25, -0.2) is 9.97 Å².